The van der Waals surface area contributed by atoms with Crippen molar-refractivity contribution >= 4 is 6.09 Å². The lowest BCUT2D eigenvalue weighted by Crippen LogP contribution is -2.44. The van der Waals surface area contributed by atoms with Gasteiger partial charge in [-0.15, -0.1) is 0 Å². The molecule has 21 heavy (non-hydrogen) atoms. The molecule has 0 radical (unpaired) electrons. The zero-order chi connectivity index (χ0) is 16.1. The molecular weight excluding hydrogens is 273 g/mol. The van der Waals surface area contributed by atoms with Crippen molar-refractivity contribution in [2.24, 2.45) is 0 Å². The molecule has 5 heteroatoms. The predicted octanol–water partition coefficient (Wildman–Crippen LogP) is 2.99. The minimum atomic E-state index is -0.648. The van der Waals surface area contributed by atoms with Crippen LogP contribution in [0.15, 0.2) is 24.3 Å². The number of alkyl carbamates (subject to hydrolysis) is 1. The minimum absolute atomic E-state index is 0.148. The first-order valence-electron chi connectivity index (χ1n) is 7.06. The molecule has 1 unspecified atom stereocenters. The van der Waals surface area contributed by atoms with Gasteiger partial charge in [-0.3, -0.25) is 0 Å². The van der Waals surface area contributed by atoms with Crippen molar-refractivity contribution in [1.82, 2.24) is 5.32 Å². The number of aliphatic hydroxyl groups is 1. The first kappa shape index (κ1) is 17.4. The number of amides is 1. The predicted molar refractivity (Wildman–Crippen MR) is 79.7 cm³/mol. The molecule has 0 aliphatic carbocycles. The van der Waals surface area contributed by atoms with Gasteiger partial charge in [0.25, 0.3) is 0 Å². The van der Waals surface area contributed by atoms with Gasteiger partial charge in [0.1, 0.15) is 11.4 Å². The average molecular weight is 297 g/mol. The van der Waals surface area contributed by atoms with E-state index in [1.165, 1.54) is 12.1 Å². The topological polar surface area (TPSA) is 58.6 Å². The Kier molecular flexibility index (Phi) is 5.72. The van der Waals surface area contributed by atoms with Crippen molar-refractivity contribution in [2.75, 3.05) is 13.2 Å². The van der Waals surface area contributed by atoms with Crippen LogP contribution in [0.25, 0.3) is 0 Å². The van der Waals surface area contributed by atoms with Crippen molar-refractivity contribution < 1.29 is 19.0 Å². The number of benzene rings is 1. The van der Waals surface area contributed by atoms with Gasteiger partial charge in [0, 0.05) is 12.0 Å². The van der Waals surface area contributed by atoms with Gasteiger partial charge in [0.05, 0.1) is 6.61 Å². The van der Waals surface area contributed by atoms with Crippen LogP contribution in [0.1, 0.15) is 39.7 Å². The van der Waals surface area contributed by atoms with Crippen LogP contribution in [0.4, 0.5) is 9.18 Å². The zero-order valence-corrected chi connectivity index (χ0v) is 13.1. The van der Waals surface area contributed by atoms with Crippen LogP contribution in [0.3, 0.4) is 0 Å². The minimum Gasteiger partial charge on any atom is -0.444 e. The van der Waals surface area contributed by atoms with E-state index < -0.39 is 17.1 Å². The normalized spacial score (nSPS) is 14.4. The molecule has 1 aromatic carbocycles. The Morgan fingerprint density at radius 1 is 1.29 bits per heavy atom. The van der Waals surface area contributed by atoms with Crippen LogP contribution in [-0.4, -0.2) is 30.0 Å². The summed E-state index contributed by atoms with van der Waals surface area (Å²) in [6, 6.07) is 5.96. The summed E-state index contributed by atoms with van der Waals surface area (Å²) in [4.78, 5) is 11.7. The number of halogens is 1. The molecule has 0 bridgehead atoms. The monoisotopic (exact) mass is 297 g/mol. The van der Waals surface area contributed by atoms with E-state index in [4.69, 9.17) is 4.74 Å². The Bertz CT molecular complexity index is 461. The molecule has 1 atom stereocenters. The molecule has 0 heterocycles. The maximum absolute atomic E-state index is 13.0. The molecule has 0 saturated heterocycles. The van der Waals surface area contributed by atoms with Gasteiger partial charge in [-0.2, -0.15) is 0 Å². The summed E-state index contributed by atoms with van der Waals surface area (Å²) in [5, 5.41) is 12.4. The molecule has 1 rings (SSSR count). The van der Waals surface area contributed by atoms with Crippen molar-refractivity contribution in [2.45, 2.75) is 45.1 Å². The Morgan fingerprint density at radius 2 is 1.86 bits per heavy atom. The lowest BCUT2D eigenvalue weighted by molar-refractivity contribution is 0.0502. The number of nitrogens with one attached hydrogen (secondary N) is 1. The Balaban J connectivity index is 2.82. The summed E-state index contributed by atoms with van der Waals surface area (Å²) in [6.07, 6.45) is 0.0705. The van der Waals surface area contributed by atoms with Gasteiger partial charge in [-0.05, 0) is 44.9 Å². The third kappa shape index (κ3) is 5.01. The van der Waals surface area contributed by atoms with Gasteiger partial charge in [-0.1, -0.05) is 19.1 Å². The molecule has 0 fully saturated rings. The van der Waals surface area contributed by atoms with Crippen LogP contribution in [0.2, 0.25) is 0 Å². The van der Waals surface area contributed by atoms with Crippen LogP contribution >= 0.6 is 0 Å². The quantitative estimate of drug-likeness (QED) is 0.878. The highest BCUT2D eigenvalue weighted by Gasteiger charge is 2.31. The molecule has 1 amide bonds. The molecule has 0 aliphatic rings. The molecule has 0 saturated carbocycles. The van der Waals surface area contributed by atoms with Gasteiger partial charge in [-0.25, -0.2) is 9.18 Å². The number of rotatable bonds is 5. The van der Waals surface area contributed by atoms with Crippen molar-refractivity contribution in [1.29, 1.82) is 0 Å². The Labute approximate surface area is 125 Å². The molecule has 1 aromatic rings. The van der Waals surface area contributed by atoms with E-state index in [9.17, 15) is 14.3 Å². The standard InChI is InChI=1S/C16H24FNO3/c1-5-16(11-19,12-6-8-13(17)9-7-12)10-18-14(20)21-15(2,3)4/h6-9,19H,5,10-11H2,1-4H3,(H,18,20). The second-order valence-electron chi connectivity index (χ2n) is 6.15. The van der Waals surface area contributed by atoms with E-state index >= 15 is 0 Å². The fourth-order valence-electron chi connectivity index (χ4n) is 2.05. The summed E-state index contributed by atoms with van der Waals surface area (Å²) in [6.45, 7) is 7.34. The lowest BCUT2D eigenvalue weighted by Gasteiger charge is -2.32. The molecule has 0 aliphatic heterocycles. The molecule has 0 spiro atoms. The van der Waals surface area contributed by atoms with E-state index in [0.717, 1.165) is 5.56 Å². The SMILES string of the molecule is CCC(CO)(CNC(=O)OC(C)(C)C)c1ccc(F)cc1. The van der Waals surface area contributed by atoms with Crippen molar-refractivity contribution in [3.8, 4) is 0 Å². The van der Waals surface area contributed by atoms with Gasteiger partial charge in [0.15, 0.2) is 0 Å². The summed E-state index contributed by atoms with van der Waals surface area (Å²) in [5.74, 6) is -0.332. The summed E-state index contributed by atoms with van der Waals surface area (Å²) < 4.78 is 18.2. The highest BCUT2D eigenvalue weighted by molar-refractivity contribution is 5.67. The van der Waals surface area contributed by atoms with E-state index in [1.807, 2.05) is 6.92 Å². The molecular formula is C16H24FNO3. The number of hydrogen-bond donors (Lipinski definition) is 2. The number of aliphatic hydroxyl groups excluding tert-OH is 1. The van der Waals surface area contributed by atoms with Gasteiger partial charge < -0.3 is 15.2 Å². The first-order valence-corrected chi connectivity index (χ1v) is 7.06. The summed E-state index contributed by atoms with van der Waals surface area (Å²) >= 11 is 0. The zero-order valence-electron chi connectivity index (χ0n) is 13.1. The summed E-state index contributed by atoms with van der Waals surface area (Å²) in [5.41, 5.74) is -0.441. The second-order valence-corrected chi connectivity index (χ2v) is 6.15. The lowest BCUT2D eigenvalue weighted by atomic mass is 9.78. The van der Waals surface area contributed by atoms with Gasteiger partial charge in [0.2, 0.25) is 0 Å². The van der Waals surface area contributed by atoms with E-state index in [-0.39, 0.29) is 19.0 Å². The van der Waals surface area contributed by atoms with E-state index in [1.54, 1.807) is 32.9 Å². The van der Waals surface area contributed by atoms with Crippen LogP contribution < -0.4 is 5.32 Å². The third-order valence-corrected chi connectivity index (χ3v) is 3.41. The smallest absolute Gasteiger partial charge is 0.407 e. The third-order valence-electron chi connectivity index (χ3n) is 3.41. The Hall–Kier alpha value is -1.62. The number of ether oxygens (including phenoxy) is 1. The largest absolute Gasteiger partial charge is 0.444 e. The Morgan fingerprint density at radius 3 is 2.29 bits per heavy atom. The highest BCUT2D eigenvalue weighted by atomic mass is 19.1. The van der Waals surface area contributed by atoms with Crippen molar-refractivity contribution in [3.63, 3.8) is 0 Å². The fourth-order valence-corrected chi connectivity index (χ4v) is 2.05. The number of hydrogen-bond acceptors (Lipinski definition) is 3. The molecule has 0 aromatic heterocycles. The molecule has 118 valence electrons. The maximum Gasteiger partial charge on any atom is 0.407 e. The highest BCUT2D eigenvalue weighted by Crippen LogP contribution is 2.27. The van der Waals surface area contributed by atoms with Crippen LogP contribution in [-0.2, 0) is 10.2 Å². The second kappa shape index (κ2) is 6.89. The molecule has 2 N–H and O–H groups in total. The first-order chi connectivity index (χ1) is 9.72. The average Bonchev–Trinajstić information content (AvgIpc) is 2.40. The summed E-state index contributed by atoms with van der Waals surface area (Å²) in [7, 11) is 0. The van der Waals surface area contributed by atoms with E-state index in [2.05, 4.69) is 5.32 Å². The number of carbonyl (C=O) groups is 1. The number of carbonyl (C=O) groups excluding carboxylic acids is 1. The van der Waals surface area contributed by atoms with Crippen molar-refractivity contribution in [3.05, 3.63) is 35.6 Å². The van der Waals surface area contributed by atoms with Gasteiger partial charge >= 0.3 is 6.09 Å². The maximum atomic E-state index is 13.0. The van der Waals surface area contributed by atoms with Crippen LogP contribution in [0, 0.1) is 5.82 Å². The molecule has 4 nitrogen and oxygen atoms in total. The van der Waals surface area contributed by atoms with Crippen LogP contribution in [0.5, 0.6) is 0 Å². The van der Waals surface area contributed by atoms with E-state index in [0.29, 0.717) is 6.42 Å². The fraction of sp³-hybridized carbons (Fsp3) is 0.562.